The number of guanidine groups is 1. The molecule has 0 aromatic carbocycles. The fraction of sp³-hybridized carbons (Fsp3) is 0.941. The van der Waals surface area contributed by atoms with Gasteiger partial charge in [-0.25, -0.2) is 0 Å². The second-order valence-corrected chi connectivity index (χ2v) is 6.95. The molecule has 0 saturated carbocycles. The van der Waals surface area contributed by atoms with Gasteiger partial charge in [0, 0.05) is 38.3 Å². The van der Waals surface area contributed by atoms with Crippen LogP contribution >= 0.6 is 0 Å². The van der Waals surface area contributed by atoms with Gasteiger partial charge in [0.25, 0.3) is 0 Å². The van der Waals surface area contributed by atoms with Crippen molar-refractivity contribution in [2.24, 2.45) is 4.99 Å². The summed E-state index contributed by atoms with van der Waals surface area (Å²) in [6.45, 7) is 17.6. The van der Waals surface area contributed by atoms with Gasteiger partial charge in [-0.2, -0.15) is 0 Å². The maximum absolute atomic E-state index is 5.80. The summed E-state index contributed by atoms with van der Waals surface area (Å²) in [5, 5.41) is 6.76. The zero-order valence-corrected chi connectivity index (χ0v) is 15.4. The van der Waals surface area contributed by atoms with Gasteiger partial charge in [0.1, 0.15) is 0 Å². The van der Waals surface area contributed by atoms with Crippen LogP contribution in [0, 0.1) is 0 Å². The molecule has 0 aromatic rings. The van der Waals surface area contributed by atoms with E-state index in [4.69, 9.17) is 9.73 Å². The van der Waals surface area contributed by atoms with E-state index in [0.717, 1.165) is 51.6 Å². The summed E-state index contributed by atoms with van der Waals surface area (Å²) in [6, 6.07) is 1.12. The smallest absolute Gasteiger partial charge is 0.191 e. The van der Waals surface area contributed by atoms with E-state index in [-0.39, 0.29) is 5.60 Å². The predicted molar refractivity (Wildman–Crippen MR) is 94.6 cm³/mol. The average Bonchev–Trinajstić information content (AvgIpc) is 2.87. The highest BCUT2D eigenvalue weighted by Gasteiger charge is 2.29. The molecule has 2 N–H and O–H groups in total. The summed E-state index contributed by atoms with van der Waals surface area (Å²) in [5.74, 6) is 0.895. The van der Waals surface area contributed by atoms with Gasteiger partial charge in [0.05, 0.1) is 12.1 Å². The van der Waals surface area contributed by atoms with Gasteiger partial charge in [-0.15, -0.1) is 0 Å². The van der Waals surface area contributed by atoms with Crippen molar-refractivity contribution < 1.29 is 4.74 Å². The number of nitrogens with zero attached hydrogens (tertiary/aromatic N) is 2. The third-order valence-electron chi connectivity index (χ3n) is 4.21. The van der Waals surface area contributed by atoms with Crippen LogP contribution in [0.3, 0.4) is 0 Å². The molecule has 22 heavy (non-hydrogen) atoms. The zero-order chi connectivity index (χ0) is 16.6. The first kappa shape index (κ1) is 19.2. The van der Waals surface area contributed by atoms with Crippen molar-refractivity contribution in [1.29, 1.82) is 0 Å². The van der Waals surface area contributed by atoms with Crippen molar-refractivity contribution in [3.63, 3.8) is 0 Å². The highest BCUT2D eigenvalue weighted by molar-refractivity contribution is 5.79. The molecule has 1 heterocycles. The Hall–Kier alpha value is -0.810. The van der Waals surface area contributed by atoms with Crippen LogP contribution < -0.4 is 10.6 Å². The molecule has 0 spiro atoms. The van der Waals surface area contributed by atoms with E-state index in [1.54, 1.807) is 0 Å². The molecule has 5 nitrogen and oxygen atoms in total. The Bertz CT molecular complexity index is 328. The largest absolute Gasteiger partial charge is 0.373 e. The lowest BCUT2D eigenvalue weighted by Gasteiger charge is -2.30. The highest BCUT2D eigenvalue weighted by atomic mass is 16.5. The first-order valence-electron chi connectivity index (χ1n) is 8.80. The molecule has 1 saturated heterocycles. The van der Waals surface area contributed by atoms with Crippen molar-refractivity contribution in [3.8, 4) is 0 Å². The van der Waals surface area contributed by atoms with Crippen molar-refractivity contribution >= 4 is 5.96 Å². The second kappa shape index (κ2) is 9.36. The van der Waals surface area contributed by atoms with Crippen molar-refractivity contribution in [1.82, 2.24) is 15.5 Å². The van der Waals surface area contributed by atoms with E-state index in [2.05, 4.69) is 57.1 Å². The Kier molecular flexibility index (Phi) is 8.18. The fourth-order valence-corrected chi connectivity index (χ4v) is 2.97. The van der Waals surface area contributed by atoms with E-state index in [1.807, 2.05) is 0 Å². The maximum Gasteiger partial charge on any atom is 0.191 e. The lowest BCUT2D eigenvalue weighted by molar-refractivity contribution is 0.0283. The second-order valence-electron chi connectivity index (χ2n) is 6.95. The molecular weight excluding hydrogens is 276 g/mol. The van der Waals surface area contributed by atoms with Gasteiger partial charge in [-0.05, 0) is 54.4 Å². The molecule has 0 aromatic heterocycles. The van der Waals surface area contributed by atoms with Gasteiger partial charge in [-0.3, -0.25) is 9.89 Å². The Morgan fingerprint density at radius 2 is 1.91 bits per heavy atom. The first-order valence-corrected chi connectivity index (χ1v) is 8.80. The summed E-state index contributed by atoms with van der Waals surface area (Å²) in [4.78, 5) is 7.19. The van der Waals surface area contributed by atoms with Gasteiger partial charge in [-0.1, -0.05) is 0 Å². The predicted octanol–water partition coefficient (Wildman–Crippen LogP) is 2.23. The third-order valence-corrected chi connectivity index (χ3v) is 4.21. The topological polar surface area (TPSA) is 48.9 Å². The first-order chi connectivity index (χ1) is 10.4. The molecule has 5 heteroatoms. The van der Waals surface area contributed by atoms with Crippen LogP contribution in [0.1, 0.15) is 54.4 Å². The molecule has 1 rings (SSSR count). The number of rotatable bonds is 8. The Morgan fingerprint density at radius 1 is 1.23 bits per heavy atom. The van der Waals surface area contributed by atoms with E-state index in [9.17, 15) is 0 Å². The summed E-state index contributed by atoms with van der Waals surface area (Å²) in [7, 11) is 0. The lowest BCUT2D eigenvalue weighted by Crippen LogP contribution is -2.45. The van der Waals surface area contributed by atoms with Crippen LogP contribution in [-0.4, -0.2) is 61.3 Å². The number of hydrogen-bond donors (Lipinski definition) is 2. The number of ether oxygens (including phenoxy) is 1. The molecule has 130 valence electrons. The SMILES string of the molecule is CCNC(=NCC1(C)CCCO1)NCCN(C(C)C)C(C)C. The van der Waals surface area contributed by atoms with E-state index in [0.29, 0.717) is 12.1 Å². The van der Waals surface area contributed by atoms with Crippen molar-refractivity contribution in [2.75, 3.05) is 32.8 Å². The Morgan fingerprint density at radius 3 is 2.41 bits per heavy atom. The van der Waals surface area contributed by atoms with E-state index in [1.165, 1.54) is 0 Å². The van der Waals surface area contributed by atoms with Gasteiger partial charge < -0.3 is 15.4 Å². The third kappa shape index (κ3) is 6.53. The fourth-order valence-electron chi connectivity index (χ4n) is 2.97. The minimum atomic E-state index is -0.0791. The molecule has 0 radical (unpaired) electrons. The summed E-state index contributed by atoms with van der Waals surface area (Å²) >= 11 is 0. The maximum atomic E-state index is 5.80. The lowest BCUT2D eigenvalue weighted by atomic mass is 10.0. The van der Waals surface area contributed by atoms with Gasteiger partial charge in [0.15, 0.2) is 5.96 Å². The van der Waals surface area contributed by atoms with Crippen LogP contribution in [0.2, 0.25) is 0 Å². The van der Waals surface area contributed by atoms with Crippen LogP contribution in [-0.2, 0) is 4.74 Å². The molecule has 0 bridgehead atoms. The number of hydrogen-bond acceptors (Lipinski definition) is 3. The Labute approximate surface area is 136 Å². The quantitative estimate of drug-likeness (QED) is 0.533. The molecule has 1 aliphatic heterocycles. The normalized spacial score (nSPS) is 22.9. The minimum absolute atomic E-state index is 0.0791. The van der Waals surface area contributed by atoms with Crippen LogP contribution in [0.5, 0.6) is 0 Å². The van der Waals surface area contributed by atoms with Crippen LogP contribution in [0.15, 0.2) is 4.99 Å². The molecule has 0 aliphatic carbocycles. The number of nitrogens with one attached hydrogen (secondary N) is 2. The standard InChI is InChI=1S/C17H36N4O/c1-7-18-16(20-13-17(6)9-8-12-22-17)19-10-11-21(14(2)3)15(4)5/h14-15H,7-13H2,1-6H3,(H2,18,19,20). The van der Waals surface area contributed by atoms with Crippen molar-refractivity contribution in [2.45, 2.75) is 72.1 Å². The van der Waals surface area contributed by atoms with E-state index < -0.39 is 0 Å². The molecule has 1 atom stereocenters. The summed E-state index contributed by atoms with van der Waals surface area (Å²) in [6.07, 6.45) is 2.25. The van der Waals surface area contributed by atoms with Crippen LogP contribution in [0.25, 0.3) is 0 Å². The van der Waals surface area contributed by atoms with Gasteiger partial charge in [0.2, 0.25) is 0 Å². The van der Waals surface area contributed by atoms with E-state index >= 15 is 0 Å². The molecule has 0 amide bonds. The molecular formula is C17H36N4O. The summed E-state index contributed by atoms with van der Waals surface area (Å²) < 4.78 is 5.80. The summed E-state index contributed by atoms with van der Waals surface area (Å²) in [5.41, 5.74) is -0.0791. The number of aliphatic imine (C=N–C) groups is 1. The highest BCUT2D eigenvalue weighted by Crippen LogP contribution is 2.24. The average molecular weight is 313 g/mol. The molecule has 1 unspecified atom stereocenters. The molecule has 1 aliphatic rings. The van der Waals surface area contributed by atoms with Crippen LogP contribution in [0.4, 0.5) is 0 Å². The Balaban J connectivity index is 2.46. The van der Waals surface area contributed by atoms with Crippen molar-refractivity contribution in [3.05, 3.63) is 0 Å². The monoisotopic (exact) mass is 312 g/mol. The minimum Gasteiger partial charge on any atom is -0.373 e. The van der Waals surface area contributed by atoms with Gasteiger partial charge >= 0.3 is 0 Å². The molecule has 1 fully saturated rings. The zero-order valence-electron chi connectivity index (χ0n) is 15.4.